The maximum atomic E-state index is 4.40. The fourth-order valence-corrected chi connectivity index (χ4v) is 2.48. The van der Waals surface area contributed by atoms with Gasteiger partial charge in [-0.25, -0.2) is 0 Å². The third kappa shape index (κ3) is 3.65. The molecule has 0 amide bonds. The van der Waals surface area contributed by atoms with Gasteiger partial charge in [-0.2, -0.15) is 0 Å². The van der Waals surface area contributed by atoms with Gasteiger partial charge >= 0.3 is 0 Å². The number of rotatable bonds is 5. The van der Waals surface area contributed by atoms with Gasteiger partial charge in [0.15, 0.2) is 0 Å². The van der Waals surface area contributed by atoms with Gasteiger partial charge in [0.2, 0.25) is 0 Å². The zero-order chi connectivity index (χ0) is 13.7. The molecule has 2 aromatic rings. The summed E-state index contributed by atoms with van der Waals surface area (Å²) >= 11 is 0. The van der Waals surface area contributed by atoms with Crippen LogP contribution in [-0.2, 0) is 6.42 Å². The molecule has 0 aliphatic heterocycles. The molecule has 0 fully saturated rings. The number of aromatic nitrogens is 1. The number of likely N-dealkylation sites (N-methyl/N-ethyl adjacent to an activating group) is 1. The van der Waals surface area contributed by atoms with Crippen molar-refractivity contribution in [2.24, 2.45) is 0 Å². The first-order chi connectivity index (χ1) is 9.20. The highest BCUT2D eigenvalue weighted by Gasteiger charge is 2.13. The number of pyridine rings is 1. The van der Waals surface area contributed by atoms with Gasteiger partial charge in [0.05, 0.1) is 0 Å². The van der Waals surface area contributed by atoms with Gasteiger partial charge in [-0.1, -0.05) is 42.8 Å². The first kappa shape index (κ1) is 13.8. The normalized spacial score (nSPS) is 12.4. The Morgan fingerprint density at radius 1 is 1.16 bits per heavy atom. The summed E-state index contributed by atoms with van der Waals surface area (Å²) in [6.45, 7) is 7.33. The van der Waals surface area contributed by atoms with Crippen molar-refractivity contribution in [1.29, 1.82) is 0 Å². The molecule has 2 rings (SSSR count). The number of benzene rings is 1. The fourth-order valence-electron chi connectivity index (χ4n) is 2.48. The van der Waals surface area contributed by atoms with Crippen LogP contribution in [0.2, 0.25) is 0 Å². The SMILES string of the molecule is CCNC(Cc1cccc(C)c1)c1cccnc1C. The average Bonchev–Trinajstić information content (AvgIpc) is 2.39. The molecule has 1 unspecified atom stereocenters. The molecule has 0 aliphatic carbocycles. The number of nitrogens with zero attached hydrogens (tertiary/aromatic N) is 1. The summed E-state index contributed by atoms with van der Waals surface area (Å²) in [6.07, 6.45) is 2.86. The van der Waals surface area contributed by atoms with Crippen molar-refractivity contribution in [1.82, 2.24) is 10.3 Å². The molecular formula is C17H22N2. The van der Waals surface area contributed by atoms with E-state index in [1.165, 1.54) is 16.7 Å². The lowest BCUT2D eigenvalue weighted by Gasteiger charge is -2.20. The van der Waals surface area contributed by atoms with Crippen LogP contribution in [0, 0.1) is 13.8 Å². The predicted molar refractivity (Wildman–Crippen MR) is 80.3 cm³/mol. The monoisotopic (exact) mass is 254 g/mol. The van der Waals surface area contributed by atoms with Crippen molar-refractivity contribution >= 4 is 0 Å². The first-order valence-corrected chi connectivity index (χ1v) is 6.91. The highest BCUT2D eigenvalue weighted by molar-refractivity contribution is 5.28. The Kier molecular flexibility index (Phi) is 4.69. The molecule has 1 aromatic carbocycles. The Labute approximate surface area is 115 Å². The summed E-state index contributed by atoms with van der Waals surface area (Å²) in [4.78, 5) is 4.40. The van der Waals surface area contributed by atoms with E-state index < -0.39 is 0 Å². The lowest BCUT2D eigenvalue weighted by molar-refractivity contribution is 0.545. The molecule has 1 atom stereocenters. The van der Waals surface area contributed by atoms with E-state index in [9.17, 15) is 0 Å². The van der Waals surface area contributed by atoms with Crippen molar-refractivity contribution in [3.63, 3.8) is 0 Å². The smallest absolute Gasteiger partial charge is 0.0420 e. The van der Waals surface area contributed by atoms with Gasteiger partial charge in [-0.05, 0) is 44.0 Å². The Bertz CT molecular complexity index is 534. The molecule has 0 aliphatic rings. The minimum absolute atomic E-state index is 0.334. The third-order valence-electron chi connectivity index (χ3n) is 3.40. The van der Waals surface area contributed by atoms with Crippen LogP contribution in [0.25, 0.3) is 0 Å². The second-order valence-electron chi connectivity index (χ2n) is 4.98. The van der Waals surface area contributed by atoms with E-state index in [0.717, 1.165) is 18.7 Å². The molecule has 0 bridgehead atoms. The molecule has 0 spiro atoms. The average molecular weight is 254 g/mol. The lowest BCUT2D eigenvalue weighted by Crippen LogP contribution is -2.24. The lowest BCUT2D eigenvalue weighted by atomic mass is 9.97. The Hall–Kier alpha value is -1.67. The molecule has 0 saturated heterocycles. The first-order valence-electron chi connectivity index (χ1n) is 6.91. The van der Waals surface area contributed by atoms with Crippen molar-refractivity contribution < 1.29 is 0 Å². The Morgan fingerprint density at radius 3 is 2.68 bits per heavy atom. The van der Waals surface area contributed by atoms with Gasteiger partial charge in [-0.15, -0.1) is 0 Å². The molecule has 0 saturated carbocycles. The minimum Gasteiger partial charge on any atom is -0.310 e. The molecule has 100 valence electrons. The topological polar surface area (TPSA) is 24.9 Å². The summed E-state index contributed by atoms with van der Waals surface area (Å²) in [7, 11) is 0. The second kappa shape index (κ2) is 6.48. The van der Waals surface area contributed by atoms with Gasteiger partial charge in [-0.3, -0.25) is 4.98 Å². The number of aryl methyl sites for hydroxylation is 2. The molecular weight excluding hydrogens is 232 g/mol. The Morgan fingerprint density at radius 2 is 2.00 bits per heavy atom. The second-order valence-corrected chi connectivity index (χ2v) is 4.98. The van der Waals surface area contributed by atoms with Crippen molar-refractivity contribution in [2.75, 3.05) is 6.54 Å². The fraction of sp³-hybridized carbons (Fsp3) is 0.353. The largest absolute Gasteiger partial charge is 0.310 e. The Balaban J connectivity index is 2.24. The molecule has 2 heteroatoms. The van der Waals surface area contributed by atoms with Crippen LogP contribution in [0.5, 0.6) is 0 Å². The van der Waals surface area contributed by atoms with E-state index in [-0.39, 0.29) is 0 Å². The van der Waals surface area contributed by atoms with Crippen LogP contribution in [0.3, 0.4) is 0 Å². The summed E-state index contributed by atoms with van der Waals surface area (Å²) in [5, 5.41) is 3.57. The summed E-state index contributed by atoms with van der Waals surface area (Å²) in [5.74, 6) is 0. The summed E-state index contributed by atoms with van der Waals surface area (Å²) in [6, 6.07) is 13.2. The zero-order valence-electron chi connectivity index (χ0n) is 12.0. The van der Waals surface area contributed by atoms with Crippen LogP contribution in [0.4, 0.5) is 0 Å². The van der Waals surface area contributed by atoms with E-state index in [1.54, 1.807) is 0 Å². The van der Waals surface area contributed by atoms with Crippen LogP contribution in [0.15, 0.2) is 42.6 Å². The van der Waals surface area contributed by atoms with Crippen molar-refractivity contribution in [2.45, 2.75) is 33.2 Å². The van der Waals surface area contributed by atoms with Gasteiger partial charge < -0.3 is 5.32 Å². The molecule has 0 radical (unpaired) electrons. The predicted octanol–water partition coefficient (Wildman–Crippen LogP) is 3.59. The van der Waals surface area contributed by atoms with Crippen LogP contribution < -0.4 is 5.32 Å². The van der Waals surface area contributed by atoms with Gasteiger partial charge in [0, 0.05) is 17.9 Å². The molecule has 19 heavy (non-hydrogen) atoms. The quantitative estimate of drug-likeness (QED) is 0.882. The molecule has 1 aromatic heterocycles. The summed E-state index contributed by atoms with van der Waals surface area (Å²) < 4.78 is 0. The van der Waals surface area contributed by atoms with Gasteiger partial charge in [0.25, 0.3) is 0 Å². The van der Waals surface area contributed by atoms with E-state index in [1.807, 2.05) is 12.3 Å². The molecule has 1 heterocycles. The maximum absolute atomic E-state index is 4.40. The van der Waals surface area contributed by atoms with E-state index >= 15 is 0 Å². The highest BCUT2D eigenvalue weighted by atomic mass is 14.9. The van der Waals surface area contributed by atoms with E-state index in [2.05, 4.69) is 61.4 Å². The number of hydrogen-bond acceptors (Lipinski definition) is 2. The number of nitrogens with one attached hydrogen (secondary N) is 1. The van der Waals surface area contributed by atoms with Crippen LogP contribution in [0.1, 0.15) is 35.3 Å². The van der Waals surface area contributed by atoms with Gasteiger partial charge in [0.1, 0.15) is 0 Å². The molecule has 1 N–H and O–H groups in total. The van der Waals surface area contributed by atoms with Crippen molar-refractivity contribution in [3.8, 4) is 0 Å². The zero-order valence-corrected chi connectivity index (χ0v) is 12.0. The summed E-state index contributed by atoms with van der Waals surface area (Å²) in [5.41, 5.74) is 5.09. The highest BCUT2D eigenvalue weighted by Crippen LogP contribution is 2.20. The van der Waals surface area contributed by atoms with Crippen LogP contribution >= 0.6 is 0 Å². The third-order valence-corrected chi connectivity index (χ3v) is 3.40. The molecule has 2 nitrogen and oxygen atoms in total. The number of hydrogen-bond donors (Lipinski definition) is 1. The van der Waals surface area contributed by atoms with Crippen molar-refractivity contribution in [3.05, 3.63) is 65.0 Å². The maximum Gasteiger partial charge on any atom is 0.0420 e. The minimum atomic E-state index is 0.334. The standard InChI is InChI=1S/C17H22N2/c1-4-18-17(16-9-6-10-19-14(16)3)12-15-8-5-7-13(2)11-15/h5-11,17-18H,4,12H2,1-3H3. The van der Waals surface area contributed by atoms with E-state index in [4.69, 9.17) is 0 Å². The van der Waals surface area contributed by atoms with Crippen LogP contribution in [-0.4, -0.2) is 11.5 Å². The van der Waals surface area contributed by atoms with E-state index in [0.29, 0.717) is 6.04 Å².